The molecule has 1 N–H and O–H groups in total. The molecule has 1 unspecified atom stereocenters. The van der Waals surface area contributed by atoms with Crippen LogP contribution < -0.4 is 0 Å². The summed E-state index contributed by atoms with van der Waals surface area (Å²) in [6.07, 6.45) is 1.30. The number of aromatic carboxylic acids is 1. The average molecular weight is 470 g/mol. The van der Waals surface area contributed by atoms with E-state index < -0.39 is 18.1 Å². The van der Waals surface area contributed by atoms with Crippen molar-refractivity contribution >= 4 is 23.2 Å². The number of thiazole rings is 1. The number of hydrogen-bond acceptors (Lipinski definition) is 7. The monoisotopic (exact) mass is 469 g/mol. The SMILES string of the molecule is CCCN(C(=O)[C@@H](N=[N+]=[N-])C(C)CC)[C@H](C[C@@H](OCOC)c1nc(C(=O)O)cs1)C(C)C. The topological polar surface area (TPSA) is 138 Å². The molecule has 10 nitrogen and oxygen atoms in total. The van der Waals surface area contributed by atoms with Gasteiger partial charge >= 0.3 is 5.97 Å². The fourth-order valence-electron chi connectivity index (χ4n) is 3.44. The quantitative estimate of drug-likeness (QED) is 0.168. The van der Waals surface area contributed by atoms with E-state index in [1.807, 2.05) is 34.6 Å². The summed E-state index contributed by atoms with van der Waals surface area (Å²) in [4.78, 5) is 33.7. The number of ether oxygens (including phenoxy) is 2. The third kappa shape index (κ3) is 7.74. The number of methoxy groups -OCH3 is 1. The van der Waals surface area contributed by atoms with Crippen LogP contribution in [-0.2, 0) is 14.3 Å². The molecule has 1 aromatic heterocycles. The van der Waals surface area contributed by atoms with Gasteiger partial charge in [-0.15, -0.1) is 11.3 Å². The maximum atomic E-state index is 13.5. The van der Waals surface area contributed by atoms with Crippen molar-refractivity contribution < 1.29 is 24.2 Å². The van der Waals surface area contributed by atoms with Crippen molar-refractivity contribution in [3.63, 3.8) is 0 Å². The van der Waals surface area contributed by atoms with Crippen molar-refractivity contribution in [2.45, 2.75) is 72.1 Å². The first kappa shape index (κ1) is 27.8. The molecule has 11 heteroatoms. The molecule has 0 aliphatic carbocycles. The Balaban J connectivity index is 3.30. The lowest BCUT2D eigenvalue weighted by atomic mass is 9.92. The van der Waals surface area contributed by atoms with Gasteiger partial charge < -0.3 is 19.5 Å². The molecule has 32 heavy (non-hydrogen) atoms. The largest absolute Gasteiger partial charge is 0.476 e. The van der Waals surface area contributed by atoms with Crippen LogP contribution in [-0.4, -0.2) is 59.4 Å². The summed E-state index contributed by atoms with van der Waals surface area (Å²) in [5.41, 5.74) is 8.98. The van der Waals surface area contributed by atoms with Crippen LogP contribution >= 0.6 is 11.3 Å². The summed E-state index contributed by atoms with van der Waals surface area (Å²) in [5, 5.41) is 15.0. The number of carboxylic acids is 1. The Hall–Kier alpha value is -2.20. The van der Waals surface area contributed by atoms with Crippen LogP contribution in [0.15, 0.2) is 10.5 Å². The van der Waals surface area contributed by atoms with Crippen LogP contribution in [0.5, 0.6) is 0 Å². The second-order valence-electron chi connectivity index (χ2n) is 8.05. The third-order valence-corrected chi connectivity index (χ3v) is 6.33. The minimum Gasteiger partial charge on any atom is -0.476 e. The zero-order chi connectivity index (χ0) is 24.3. The van der Waals surface area contributed by atoms with Crippen molar-refractivity contribution in [1.82, 2.24) is 9.88 Å². The van der Waals surface area contributed by atoms with Crippen LogP contribution in [0.4, 0.5) is 0 Å². The van der Waals surface area contributed by atoms with Gasteiger partial charge in [0.15, 0.2) is 5.69 Å². The van der Waals surface area contributed by atoms with Crippen molar-refractivity contribution in [2.24, 2.45) is 17.0 Å². The molecule has 0 bridgehead atoms. The number of nitrogens with zero attached hydrogens (tertiary/aromatic N) is 5. The van der Waals surface area contributed by atoms with E-state index in [1.54, 1.807) is 4.90 Å². The highest BCUT2D eigenvalue weighted by atomic mass is 32.1. The lowest BCUT2D eigenvalue weighted by Gasteiger charge is -2.38. The van der Waals surface area contributed by atoms with Gasteiger partial charge in [-0.25, -0.2) is 9.78 Å². The van der Waals surface area contributed by atoms with Gasteiger partial charge in [-0.2, -0.15) is 0 Å². The molecule has 1 heterocycles. The van der Waals surface area contributed by atoms with Crippen molar-refractivity contribution in [3.05, 3.63) is 26.5 Å². The van der Waals surface area contributed by atoms with Crippen LogP contribution in [0.25, 0.3) is 10.4 Å². The van der Waals surface area contributed by atoms with E-state index in [0.717, 1.165) is 6.42 Å². The van der Waals surface area contributed by atoms with E-state index in [4.69, 9.17) is 15.0 Å². The number of hydrogen-bond donors (Lipinski definition) is 1. The Labute approximate surface area is 193 Å². The lowest BCUT2D eigenvalue weighted by Crippen LogP contribution is -2.49. The summed E-state index contributed by atoms with van der Waals surface area (Å²) in [5.74, 6) is -1.33. The number of rotatable bonds is 15. The van der Waals surface area contributed by atoms with E-state index in [2.05, 4.69) is 15.0 Å². The van der Waals surface area contributed by atoms with Crippen LogP contribution in [0.1, 0.15) is 75.5 Å². The zero-order valence-corrected chi connectivity index (χ0v) is 20.5. The number of amides is 1. The van der Waals surface area contributed by atoms with Crippen molar-refractivity contribution in [3.8, 4) is 0 Å². The summed E-state index contributed by atoms with van der Waals surface area (Å²) in [6.45, 7) is 10.4. The molecule has 0 saturated heterocycles. The molecule has 4 atom stereocenters. The van der Waals surface area contributed by atoms with Crippen LogP contribution in [0.2, 0.25) is 0 Å². The Kier molecular flexibility index (Phi) is 12.2. The first-order chi connectivity index (χ1) is 15.2. The Morgan fingerprint density at radius 2 is 2.03 bits per heavy atom. The van der Waals surface area contributed by atoms with E-state index in [1.165, 1.54) is 23.8 Å². The standard InChI is InChI=1S/C21H35N5O5S/c1-7-9-26(20(27)18(24-25-22)14(5)8-2)16(13(3)4)10-17(31-12-30-6)19-23-15(11-32-19)21(28)29/h11,13-14,16-18H,7-10,12H2,1-6H3,(H,28,29)/t14?,16-,17-,18+/m1/s1. The molecule has 0 radical (unpaired) electrons. The Morgan fingerprint density at radius 3 is 2.50 bits per heavy atom. The highest BCUT2D eigenvalue weighted by molar-refractivity contribution is 7.09. The normalized spacial score (nSPS) is 15.0. The number of carbonyl (C=O) groups excluding carboxylic acids is 1. The fourth-order valence-corrected chi connectivity index (χ4v) is 4.29. The molecular weight excluding hydrogens is 434 g/mol. The van der Waals surface area contributed by atoms with Gasteiger partial charge in [0.2, 0.25) is 5.91 Å². The first-order valence-corrected chi connectivity index (χ1v) is 11.7. The fraction of sp³-hybridized carbons (Fsp3) is 0.762. The summed E-state index contributed by atoms with van der Waals surface area (Å²) in [7, 11) is 1.51. The smallest absolute Gasteiger partial charge is 0.355 e. The van der Waals surface area contributed by atoms with Gasteiger partial charge in [-0.05, 0) is 23.8 Å². The average Bonchev–Trinajstić information content (AvgIpc) is 3.26. The second kappa shape index (κ2) is 14.1. The van der Waals surface area contributed by atoms with E-state index >= 15 is 0 Å². The highest BCUT2D eigenvalue weighted by Crippen LogP contribution is 2.31. The predicted molar refractivity (Wildman–Crippen MR) is 122 cm³/mol. The molecule has 0 aliphatic heterocycles. The molecule has 0 aromatic carbocycles. The summed E-state index contributed by atoms with van der Waals surface area (Å²) in [6, 6.07) is -1.02. The van der Waals surface area contributed by atoms with Crippen LogP contribution in [0.3, 0.4) is 0 Å². The third-order valence-electron chi connectivity index (χ3n) is 5.39. The van der Waals surface area contributed by atoms with E-state index in [9.17, 15) is 14.7 Å². The van der Waals surface area contributed by atoms with Crippen molar-refractivity contribution in [1.29, 1.82) is 0 Å². The number of carboxylic acid groups (broad SMARTS) is 1. The molecule has 0 saturated carbocycles. The number of azide groups is 1. The molecule has 0 spiro atoms. The second-order valence-corrected chi connectivity index (χ2v) is 8.94. The Morgan fingerprint density at radius 1 is 1.34 bits per heavy atom. The molecule has 0 aliphatic rings. The van der Waals surface area contributed by atoms with Gasteiger partial charge in [-0.3, -0.25) is 4.79 Å². The molecule has 1 amide bonds. The highest BCUT2D eigenvalue weighted by Gasteiger charge is 2.35. The predicted octanol–water partition coefficient (Wildman–Crippen LogP) is 4.88. The molecule has 0 fully saturated rings. The van der Waals surface area contributed by atoms with E-state index in [-0.39, 0.29) is 36.3 Å². The first-order valence-electron chi connectivity index (χ1n) is 10.9. The lowest BCUT2D eigenvalue weighted by molar-refractivity contribution is -0.139. The van der Waals surface area contributed by atoms with Crippen LogP contribution in [0, 0.1) is 11.8 Å². The van der Waals surface area contributed by atoms with Gasteiger partial charge in [0, 0.05) is 36.4 Å². The molecule has 1 rings (SSSR count). The van der Waals surface area contributed by atoms with Crippen molar-refractivity contribution in [2.75, 3.05) is 20.4 Å². The van der Waals surface area contributed by atoms with Gasteiger partial charge in [0.05, 0.1) is 0 Å². The summed E-state index contributed by atoms with van der Waals surface area (Å²) >= 11 is 1.20. The van der Waals surface area contributed by atoms with Gasteiger partial charge in [-0.1, -0.05) is 46.2 Å². The maximum Gasteiger partial charge on any atom is 0.355 e. The zero-order valence-electron chi connectivity index (χ0n) is 19.7. The van der Waals surface area contributed by atoms with Gasteiger partial charge in [0.25, 0.3) is 0 Å². The number of carbonyl (C=O) groups is 2. The summed E-state index contributed by atoms with van der Waals surface area (Å²) < 4.78 is 10.9. The maximum absolute atomic E-state index is 13.5. The number of aromatic nitrogens is 1. The minimum absolute atomic E-state index is 0.00735. The molecular formula is C21H35N5O5S. The molecule has 180 valence electrons. The Bertz CT molecular complexity index is 780. The van der Waals surface area contributed by atoms with Gasteiger partial charge in [0.1, 0.15) is 23.9 Å². The molecule has 1 aromatic rings. The minimum atomic E-state index is -1.10. The van der Waals surface area contributed by atoms with E-state index in [0.29, 0.717) is 24.4 Å².